The Morgan fingerprint density at radius 3 is 2.59 bits per heavy atom. The highest BCUT2D eigenvalue weighted by atomic mass is 35.5. The Morgan fingerprint density at radius 1 is 1.19 bits per heavy atom. The van der Waals surface area contributed by atoms with E-state index >= 15 is 0 Å². The largest absolute Gasteiger partial charge is 0.493 e. The van der Waals surface area contributed by atoms with Gasteiger partial charge in [0.15, 0.2) is 11.5 Å². The van der Waals surface area contributed by atoms with Crippen molar-refractivity contribution in [2.75, 3.05) is 21.3 Å². The van der Waals surface area contributed by atoms with Gasteiger partial charge in [0, 0.05) is 30.9 Å². The van der Waals surface area contributed by atoms with Crippen LogP contribution in [0.15, 0.2) is 54.9 Å². The molecule has 0 atom stereocenters. The number of benzene rings is 2. The van der Waals surface area contributed by atoms with Crippen LogP contribution in [0.5, 0.6) is 11.5 Å². The summed E-state index contributed by atoms with van der Waals surface area (Å²) in [5, 5.41) is 4.68. The number of aromatic nitrogens is 2. The standard InChI is InChI=1S/C20H20ClN3O3/c1-23(12-14-11-22-24(13-14)16-7-5-4-6-8-16)20(25)15-9-17(21)19(27-3)18(10-15)26-2/h4-11,13H,12H2,1-3H3. The van der Waals surface area contributed by atoms with Crippen LogP contribution in [0.3, 0.4) is 0 Å². The molecule has 7 heteroatoms. The first-order valence-corrected chi connectivity index (χ1v) is 8.67. The Kier molecular flexibility index (Phi) is 5.66. The number of nitrogens with zero attached hydrogens (tertiary/aromatic N) is 3. The second-order valence-electron chi connectivity index (χ2n) is 5.98. The maximum atomic E-state index is 12.8. The van der Waals surface area contributed by atoms with Crippen molar-refractivity contribution >= 4 is 17.5 Å². The van der Waals surface area contributed by atoms with Gasteiger partial charge in [0.05, 0.1) is 31.1 Å². The van der Waals surface area contributed by atoms with E-state index in [0.29, 0.717) is 28.6 Å². The molecular formula is C20H20ClN3O3. The average Bonchev–Trinajstić information content (AvgIpc) is 3.15. The number of hydrogen-bond donors (Lipinski definition) is 0. The van der Waals surface area contributed by atoms with Crippen LogP contribution < -0.4 is 9.47 Å². The van der Waals surface area contributed by atoms with Crippen LogP contribution in [0, 0.1) is 0 Å². The molecule has 0 spiro atoms. The molecule has 3 rings (SSSR count). The molecular weight excluding hydrogens is 366 g/mol. The van der Waals surface area contributed by atoms with E-state index in [9.17, 15) is 4.79 Å². The van der Waals surface area contributed by atoms with Gasteiger partial charge in [-0.05, 0) is 24.3 Å². The average molecular weight is 386 g/mol. The Labute approximate surface area is 162 Å². The Balaban J connectivity index is 1.77. The molecule has 0 aliphatic heterocycles. The molecule has 27 heavy (non-hydrogen) atoms. The third-order valence-electron chi connectivity index (χ3n) is 4.10. The molecule has 1 aromatic heterocycles. The predicted octanol–water partition coefficient (Wildman–Crippen LogP) is 3.82. The SMILES string of the molecule is COc1cc(C(=O)N(C)Cc2cnn(-c3ccccc3)c2)cc(Cl)c1OC. The zero-order chi connectivity index (χ0) is 19.4. The lowest BCUT2D eigenvalue weighted by atomic mass is 10.1. The van der Waals surface area contributed by atoms with Crippen LogP contribution in [-0.4, -0.2) is 41.9 Å². The summed E-state index contributed by atoms with van der Waals surface area (Å²) in [7, 11) is 4.73. The third kappa shape index (κ3) is 4.06. The molecule has 1 amide bonds. The van der Waals surface area contributed by atoms with Gasteiger partial charge in [-0.3, -0.25) is 4.79 Å². The van der Waals surface area contributed by atoms with E-state index in [4.69, 9.17) is 21.1 Å². The molecule has 0 saturated heterocycles. The van der Waals surface area contributed by atoms with Crippen molar-refractivity contribution in [2.24, 2.45) is 0 Å². The van der Waals surface area contributed by atoms with Crippen molar-refractivity contribution < 1.29 is 14.3 Å². The lowest BCUT2D eigenvalue weighted by Gasteiger charge is -2.18. The van der Waals surface area contributed by atoms with Crippen LogP contribution in [0.2, 0.25) is 5.02 Å². The van der Waals surface area contributed by atoms with E-state index < -0.39 is 0 Å². The third-order valence-corrected chi connectivity index (χ3v) is 4.38. The van der Waals surface area contributed by atoms with Crippen LogP contribution >= 0.6 is 11.6 Å². The van der Waals surface area contributed by atoms with Gasteiger partial charge < -0.3 is 14.4 Å². The summed E-state index contributed by atoms with van der Waals surface area (Å²) in [5.74, 6) is 0.645. The van der Waals surface area contributed by atoms with E-state index in [1.807, 2.05) is 36.5 Å². The topological polar surface area (TPSA) is 56.6 Å². The first-order chi connectivity index (χ1) is 13.0. The number of carbonyl (C=O) groups is 1. The zero-order valence-electron chi connectivity index (χ0n) is 15.3. The molecule has 0 bridgehead atoms. The number of methoxy groups -OCH3 is 2. The molecule has 0 N–H and O–H groups in total. The van der Waals surface area contributed by atoms with E-state index in [2.05, 4.69) is 5.10 Å². The van der Waals surface area contributed by atoms with Crippen molar-refractivity contribution in [3.63, 3.8) is 0 Å². The molecule has 2 aromatic carbocycles. The summed E-state index contributed by atoms with van der Waals surface area (Å²) < 4.78 is 12.3. The smallest absolute Gasteiger partial charge is 0.254 e. The highest BCUT2D eigenvalue weighted by Gasteiger charge is 2.18. The van der Waals surface area contributed by atoms with Crippen molar-refractivity contribution in [1.82, 2.24) is 14.7 Å². The predicted molar refractivity (Wildman–Crippen MR) is 104 cm³/mol. The van der Waals surface area contributed by atoms with E-state index in [1.54, 1.807) is 35.0 Å². The Bertz CT molecular complexity index is 941. The number of halogens is 1. The molecule has 6 nitrogen and oxygen atoms in total. The minimum absolute atomic E-state index is 0.176. The van der Waals surface area contributed by atoms with E-state index in [1.165, 1.54) is 14.2 Å². The van der Waals surface area contributed by atoms with Gasteiger partial charge in [0.1, 0.15) is 0 Å². The quantitative estimate of drug-likeness (QED) is 0.647. The first kappa shape index (κ1) is 18.8. The van der Waals surface area contributed by atoms with Crippen LogP contribution in [0.4, 0.5) is 0 Å². The van der Waals surface area contributed by atoms with Gasteiger partial charge in [-0.1, -0.05) is 29.8 Å². The molecule has 0 saturated carbocycles. The summed E-state index contributed by atoms with van der Waals surface area (Å²) >= 11 is 6.20. The van der Waals surface area contributed by atoms with Gasteiger partial charge in [-0.25, -0.2) is 4.68 Å². The summed E-state index contributed by atoms with van der Waals surface area (Å²) in [6, 6.07) is 13.0. The lowest BCUT2D eigenvalue weighted by Crippen LogP contribution is -2.26. The molecule has 0 fully saturated rings. The maximum absolute atomic E-state index is 12.8. The van der Waals surface area contributed by atoms with E-state index in [0.717, 1.165) is 11.3 Å². The molecule has 3 aromatic rings. The fourth-order valence-corrected chi connectivity index (χ4v) is 3.06. The number of rotatable bonds is 6. The summed E-state index contributed by atoms with van der Waals surface area (Å²) in [4.78, 5) is 14.4. The highest BCUT2D eigenvalue weighted by Crippen LogP contribution is 2.36. The van der Waals surface area contributed by atoms with Gasteiger partial charge in [0.25, 0.3) is 5.91 Å². The number of amides is 1. The molecule has 0 aliphatic carbocycles. The second-order valence-corrected chi connectivity index (χ2v) is 6.39. The fourth-order valence-electron chi connectivity index (χ4n) is 2.77. The molecule has 0 aliphatic rings. The zero-order valence-corrected chi connectivity index (χ0v) is 16.1. The van der Waals surface area contributed by atoms with Gasteiger partial charge in [0.2, 0.25) is 0 Å². The number of ether oxygens (including phenoxy) is 2. The second kappa shape index (κ2) is 8.14. The monoisotopic (exact) mass is 385 g/mol. The van der Waals surface area contributed by atoms with Gasteiger partial charge in [-0.2, -0.15) is 5.10 Å². The molecule has 1 heterocycles. The highest BCUT2D eigenvalue weighted by molar-refractivity contribution is 6.32. The van der Waals surface area contributed by atoms with Crippen LogP contribution in [0.1, 0.15) is 15.9 Å². The van der Waals surface area contributed by atoms with Crippen molar-refractivity contribution in [3.05, 3.63) is 71.0 Å². The van der Waals surface area contributed by atoms with Crippen LogP contribution in [0.25, 0.3) is 5.69 Å². The Hall–Kier alpha value is -2.99. The molecule has 140 valence electrons. The number of carbonyl (C=O) groups excluding carboxylic acids is 1. The van der Waals surface area contributed by atoms with E-state index in [-0.39, 0.29) is 5.91 Å². The van der Waals surface area contributed by atoms with Crippen molar-refractivity contribution in [1.29, 1.82) is 0 Å². The molecule has 0 radical (unpaired) electrons. The van der Waals surface area contributed by atoms with Gasteiger partial charge in [-0.15, -0.1) is 0 Å². The molecule has 0 unspecified atom stereocenters. The maximum Gasteiger partial charge on any atom is 0.254 e. The summed E-state index contributed by atoms with van der Waals surface area (Å²) in [6.45, 7) is 0.414. The van der Waals surface area contributed by atoms with Gasteiger partial charge >= 0.3 is 0 Å². The normalized spacial score (nSPS) is 10.5. The number of hydrogen-bond acceptors (Lipinski definition) is 4. The van der Waals surface area contributed by atoms with Crippen molar-refractivity contribution in [3.8, 4) is 17.2 Å². The minimum Gasteiger partial charge on any atom is -0.493 e. The fraction of sp³-hybridized carbons (Fsp3) is 0.200. The lowest BCUT2D eigenvalue weighted by molar-refractivity contribution is 0.0784. The van der Waals surface area contributed by atoms with Crippen molar-refractivity contribution in [2.45, 2.75) is 6.54 Å². The summed E-state index contributed by atoms with van der Waals surface area (Å²) in [5.41, 5.74) is 2.31. The number of para-hydroxylation sites is 1. The Morgan fingerprint density at radius 2 is 1.93 bits per heavy atom. The summed E-state index contributed by atoms with van der Waals surface area (Å²) in [6.07, 6.45) is 3.65. The van der Waals surface area contributed by atoms with Crippen LogP contribution in [-0.2, 0) is 6.54 Å². The minimum atomic E-state index is -0.176. The first-order valence-electron chi connectivity index (χ1n) is 8.29.